The molecule has 0 radical (unpaired) electrons. The van der Waals surface area contributed by atoms with Crippen LogP contribution in [-0.4, -0.2) is 83.0 Å². The summed E-state index contributed by atoms with van der Waals surface area (Å²) in [5.74, 6) is -6.09. The predicted octanol–water partition coefficient (Wildman–Crippen LogP) is 2.50. The van der Waals surface area contributed by atoms with Crippen molar-refractivity contribution in [1.29, 1.82) is 0 Å². The number of ketones is 2. The molecule has 1 saturated heterocycles. The fourth-order valence-electron chi connectivity index (χ4n) is 7.77. The van der Waals surface area contributed by atoms with Crippen LogP contribution in [0.2, 0.25) is 0 Å². The Balaban J connectivity index is 1.40. The SMILES string of the molecule is CCC(C)c1cc2c(c(=O)n1CC(=O)N1CC(C(=O)O)NC(=O)C1C)C(=O)c1c(ccc3c(O)c4c(c(O)c13)C(O)c1c(O)ccc(C)c1C4)C2=O. The molecule has 4 aromatic rings. The van der Waals surface area contributed by atoms with E-state index in [-0.39, 0.29) is 74.3 Å². The molecule has 268 valence electrons. The van der Waals surface area contributed by atoms with Crippen molar-refractivity contribution in [2.75, 3.05) is 6.54 Å². The third kappa shape index (κ3) is 4.81. The highest BCUT2D eigenvalue weighted by Gasteiger charge is 2.41. The number of phenolic OH excluding ortho intramolecular Hbond substituents is 3. The number of aliphatic hydroxyl groups excluding tert-OH is 1. The van der Waals surface area contributed by atoms with Crippen molar-refractivity contribution in [3.63, 3.8) is 0 Å². The zero-order valence-corrected chi connectivity index (χ0v) is 28.6. The first-order chi connectivity index (χ1) is 24.6. The number of carbonyl (C=O) groups excluding carboxylic acids is 4. The third-order valence-electron chi connectivity index (χ3n) is 10.9. The number of aliphatic hydroxyl groups is 1. The van der Waals surface area contributed by atoms with Gasteiger partial charge < -0.3 is 40.3 Å². The minimum absolute atomic E-state index is 0.00914. The number of pyridine rings is 1. The van der Waals surface area contributed by atoms with Crippen LogP contribution < -0.4 is 10.9 Å². The first kappa shape index (κ1) is 34.4. The van der Waals surface area contributed by atoms with Crippen molar-refractivity contribution in [2.45, 2.75) is 71.2 Å². The summed E-state index contributed by atoms with van der Waals surface area (Å²) in [7, 11) is 0. The molecule has 14 heteroatoms. The molecule has 0 spiro atoms. The number of aliphatic carboxylic acids is 1. The smallest absolute Gasteiger partial charge is 0.328 e. The first-order valence-electron chi connectivity index (χ1n) is 16.8. The van der Waals surface area contributed by atoms with Gasteiger partial charge in [-0.1, -0.05) is 19.9 Å². The van der Waals surface area contributed by atoms with Crippen LogP contribution in [0, 0.1) is 6.92 Å². The molecule has 2 aliphatic carbocycles. The summed E-state index contributed by atoms with van der Waals surface area (Å²) in [6.07, 6.45) is -1.11. The number of benzene rings is 3. The average molecular weight is 710 g/mol. The van der Waals surface area contributed by atoms with Crippen LogP contribution in [0.15, 0.2) is 35.1 Å². The van der Waals surface area contributed by atoms with E-state index in [2.05, 4.69) is 5.32 Å². The number of piperazine rings is 1. The average Bonchev–Trinajstić information content (AvgIpc) is 3.11. The highest BCUT2D eigenvalue weighted by atomic mass is 16.4. The van der Waals surface area contributed by atoms with Crippen LogP contribution >= 0.6 is 0 Å². The van der Waals surface area contributed by atoms with E-state index in [1.807, 2.05) is 6.92 Å². The summed E-state index contributed by atoms with van der Waals surface area (Å²) in [5.41, 5.74) is -0.633. The molecule has 6 N–H and O–H groups in total. The Bertz CT molecular complexity index is 2390. The molecule has 3 aliphatic rings. The largest absolute Gasteiger partial charge is 0.508 e. The lowest BCUT2D eigenvalue weighted by Crippen LogP contribution is -2.63. The summed E-state index contributed by atoms with van der Waals surface area (Å²) in [5, 5.41) is 57.1. The second kappa shape index (κ2) is 12.0. The summed E-state index contributed by atoms with van der Waals surface area (Å²) < 4.78 is 1.05. The predicted molar refractivity (Wildman–Crippen MR) is 184 cm³/mol. The van der Waals surface area contributed by atoms with Gasteiger partial charge in [-0.25, -0.2) is 4.79 Å². The standard InChI is InChI=1S/C38H35N3O11/c1-5-14(2)23-11-21-30(37(50)41(23)13-25(43)40-12-22(38(51)52)39-36(49)16(40)4)35(48)28-18(32(21)45)8-7-17-27(28)34(47)29-20(31(17)44)10-19-15(3)6-9-24(42)26(19)33(29)46/h6-9,11,14,16,22,33,42,44,46-47H,5,10,12-13H2,1-4H3,(H,39,49)(H,51,52). The van der Waals surface area contributed by atoms with E-state index >= 15 is 0 Å². The van der Waals surface area contributed by atoms with E-state index in [1.165, 1.54) is 31.2 Å². The van der Waals surface area contributed by atoms with Crippen molar-refractivity contribution in [3.8, 4) is 17.2 Å². The monoisotopic (exact) mass is 709 g/mol. The van der Waals surface area contributed by atoms with Crippen LogP contribution in [0.4, 0.5) is 0 Å². The number of aromatic nitrogens is 1. The lowest BCUT2D eigenvalue weighted by molar-refractivity contribution is -0.151. The molecule has 2 heterocycles. The van der Waals surface area contributed by atoms with Gasteiger partial charge in [-0.05, 0) is 61.6 Å². The van der Waals surface area contributed by atoms with Gasteiger partial charge in [0, 0.05) is 56.3 Å². The second-order valence-corrected chi connectivity index (χ2v) is 13.7. The van der Waals surface area contributed by atoms with Crippen molar-refractivity contribution in [1.82, 2.24) is 14.8 Å². The van der Waals surface area contributed by atoms with Crippen LogP contribution in [0.1, 0.15) is 105 Å². The summed E-state index contributed by atoms with van der Waals surface area (Å²) in [6.45, 7) is 5.75. The fourth-order valence-corrected chi connectivity index (χ4v) is 7.77. The summed E-state index contributed by atoms with van der Waals surface area (Å²) >= 11 is 0. The number of rotatable bonds is 5. The Morgan fingerprint density at radius 3 is 2.33 bits per heavy atom. The van der Waals surface area contributed by atoms with Crippen molar-refractivity contribution in [3.05, 3.63) is 96.5 Å². The number of fused-ring (bicyclic) bond motifs is 6. The van der Waals surface area contributed by atoms with E-state index < -0.39 is 76.9 Å². The van der Waals surface area contributed by atoms with Gasteiger partial charge in [-0.3, -0.25) is 24.0 Å². The van der Waals surface area contributed by atoms with Gasteiger partial charge >= 0.3 is 5.97 Å². The van der Waals surface area contributed by atoms with Gasteiger partial charge in [0.05, 0.1) is 12.1 Å². The lowest BCUT2D eigenvalue weighted by atomic mass is 9.76. The van der Waals surface area contributed by atoms with Crippen LogP contribution in [0.5, 0.6) is 17.2 Å². The second-order valence-electron chi connectivity index (χ2n) is 13.7. The first-order valence-corrected chi connectivity index (χ1v) is 16.8. The molecule has 2 amide bonds. The zero-order valence-electron chi connectivity index (χ0n) is 28.6. The zero-order chi connectivity index (χ0) is 37.7. The molecule has 4 atom stereocenters. The number of amides is 2. The van der Waals surface area contributed by atoms with Crippen molar-refractivity contribution >= 4 is 40.1 Å². The van der Waals surface area contributed by atoms with Crippen LogP contribution in [0.25, 0.3) is 10.8 Å². The molecular formula is C38H35N3O11. The number of carboxylic acid groups (broad SMARTS) is 1. The van der Waals surface area contributed by atoms with Gasteiger partial charge in [0.15, 0.2) is 5.78 Å². The van der Waals surface area contributed by atoms with E-state index in [0.29, 0.717) is 12.0 Å². The molecule has 4 unspecified atom stereocenters. The van der Waals surface area contributed by atoms with Gasteiger partial charge in [-0.2, -0.15) is 0 Å². The lowest BCUT2D eigenvalue weighted by Gasteiger charge is -2.36. The molecule has 14 nitrogen and oxygen atoms in total. The Kier molecular flexibility index (Phi) is 7.98. The minimum Gasteiger partial charge on any atom is -0.508 e. The number of hydrogen-bond acceptors (Lipinski definition) is 10. The van der Waals surface area contributed by atoms with Gasteiger partial charge in [0.2, 0.25) is 17.6 Å². The molecule has 7 rings (SSSR count). The highest BCUT2D eigenvalue weighted by molar-refractivity contribution is 6.33. The number of aromatic hydroxyl groups is 3. The number of carbonyl (C=O) groups is 5. The van der Waals surface area contributed by atoms with Crippen molar-refractivity contribution in [2.24, 2.45) is 0 Å². The minimum atomic E-state index is -1.62. The van der Waals surface area contributed by atoms with Crippen LogP contribution in [0.3, 0.4) is 0 Å². The molecule has 52 heavy (non-hydrogen) atoms. The molecule has 1 aliphatic heterocycles. The number of nitrogens with zero attached hydrogens (tertiary/aromatic N) is 2. The maximum atomic E-state index is 14.5. The van der Waals surface area contributed by atoms with Crippen LogP contribution in [-0.2, 0) is 27.3 Å². The molecule has 1 fully saturated rings. The van der Waals surface area contributed by atoms with E-state index in [4.69, 9.17) is 0 Å². The Morgan fingerprint density at radius 1 is 0.942 bits per heavy atom. The van der Waals surface area contributed by atoms with Gasteiger partial charge in [-0.15, -0.1) is 0 Å². The Labute approximate surface area is 295 Å². The van der Waals surface area contributed by atoms with E-state index in [1.54, 1.807) is 19.9 Å². The topological polar surface area (TPSA) is 224 Å². The summed E-state index contributed by atoms with van der Waals surface area (Å²) in [4.78, 5) is 82.1. The fraction of sp³-hybridized carbons (Fsp3) is 0.316. The molecular weight excluding hydrogens is 674 g/mol. The number of carboxylic acids is 1. The Hall–Kier alpha value is -6.02. The molecule has 1 aromatic heterocycles. The normalized spacial score (nSPS) is 19.8. The number of hydrogen-bond donors (Lipinski definition) is 6. The summed E-state index contributed by atoms with van der Waals surface area (Å²) in [6, 6.07) is 4.72. The quantitative estimate of drug-likeness (QED) is 0.146. The van der Waals surface area contributed by atoms with Gasteiger partial charge in [0.1, 0.15) is 42.0 Å². The number of phenols is 3. The number of aryl methyl sites for hydroxylation is 1. The maximum absolute atomic E-state index is 14.5. The Morgan fingerprint density at radius 2 is 1.65 bits per heavy atom. The molecule has 0 bridgehead atoms. The number of nitrogens with one attached hydrogen (secondary N) is 1. The third-order valence-corrected chi connectivity index (χ3v) is 10.9. The molecule has 0 saturated carbocycles. The van der Waals surface area contributed by atoms with E-state index in [0.717, 1.165) is 15.0 Å². The highest BCUT2D eigenvalue weighted by Crippen LogP contribution is 2.52. The maximum Gasteiger partial charge on any atom is 0.328 e. The van der Waals surface area contributed by atoms with Crippen molar-refractivity contribution < 1.29 is 49.5 Å². The van der Waals surface area contributed by atoms with E-state index in [9.17, 15) is 54.3 Å². The van der Waals surface area contributed by atoms with Gasteiger partial charge in [0.25, 0.3) is 5.56 Å². The molecule has 3 aromatic carbocycles.